The standard InChI is InChI=1S/C32H30N3/c1-18(2)24-17-20-15-16-34(6)30-26-19(3)21-11-7-8-12-22(21)29(33(4)5)32(26)35-25-14-10-9-13-23(25)28(24)31(35)27(20)30/h7-18H,1-6H3/q+1. The lowest BCUT2D eigenvalue weighted by atomic mass is 9.90. The fraction of sp³-hybridized carbons (Fsp3) is 0.219. The van der Waals surface area contributed by atoms with Gasteiger partial charge >= 0.3 is 0 Å². The molecule has 0 bridgehead atoms. The predicted molar refractivity (Wildman–Crippen MR) is 150 cm³/mol. The Morgan fingerprint density at radius 3 is 2.20 bits per heavy atom. The van der Waals surface area contributed by atoms with E-state index in [9.17, 15) is 0 Å². The third-order valence-electron chi connectivity index (χ3n) is 8.02. The summed E-state index contributed by atoms with van der Waals surface area (Å²) >= 11 is 0. The first-order chi connectivity index (χ1) is 16.9. The maximum absolute atomic E-state index is 2.58. The van der Waals surface area contributed by atoms with Gasteiger partial charge in [0.25, 0.3) is 0 Å². The number of nitrogens with zero attached hydrogens (tertiary/aromatic N) is 3. The lowest BCUT2D eigenvalue weighted by Gasteiger charge is -2.23. The van der Waals surface area contributed by atoms with Gasteiger partial charge in [-0.2, -0.15) is 0 Å². The van der Waals surface area contributed by atoms with Gasteiger partial charge in [0.2, 0.25) is 5.52 Å². The highest BCUT2D eigenvalue weighted by molar-refractivity contribution is 6.31. The van der Waals surface area contributed by atoms with E-state index in [2.05, 4.69) is 123 Å². The molecule has 3 aromatic heterocycles. The SMILES string of the molecule is Cc1c2ccccc2c(N(C)C)c2c1c1c3c(cc[n+]1C)cc(C(C)C)c1c4ccccc4n2c13. The number of fused-ring (bicyclic) bond motifs is 7. The molecule has 7 aromatic rings. The van der Waals surface area contributed by atoms with E-state index in [1.165, 1.54) is 76.6 Å². The molecule has 0 spiro atoms. The van der Waals surface area contributed by atoms with Gasteiger partial charge in [0.05, 0.1) is 33.0 Å². The smallest absolute Gasteiger partial charge is 0.224 e. The molecule has 7 rings (SSSR count). The van der Waals surface area contributed by atoms with Crippen LogP contribution in [0.1, 0.15) is 30.9 Å². The second-order valence-electron chi connectivity index (χ2n) is 10.6. The molecule has 0 amide bonds. The minimum absolute atomic E-state index is 0.434. The second-order valence-corrected chi connectivity index (χ2v) is 10.6. The zero-order chi connectivity index (χ0) is 24.2. The molecule has 3 heteroatoms. The zero-order valence-electron chi connectivity index (χ0n) is 21.3. The first-order valence-electron chi connectivity index (χ1n) is 12.5. The number of benzene rings is 4. The molecule has 172 valence electrons. The molecule has 4 aromatic carbocycles. The predicted octanol–water partition coefficient (Wildman–Crippen LogP) is 7.47. The first-order valence-corrected chi connectivity index (χ1v) is 12.5. The molecule has 3 nitrogen and oxygen atoms in total. The van der Waals surface area contributed by atoms with E-state index in [0.717, 1.165) is 0 Å². The van der Waals surface area contributed by atoms with Gasteiger partial charge in [-0.15, -0.1) is 0 Å². The van der Waals surface area contributed by atoms with Crippen molar-refractivity contribution in [1.29, 1.82) is 0 Å². The minimum atomic E-state index is 0.434. The molecule has 0 unspecified atom stereocenters. The molecule has 0 aliphatic rings. The molecule has 0 saturated heterocycles. The number of pyridine rings is 2. The van der Waals surface area contributed by atoms with Gasteiger partial charge < -0.3 is 9.30 Å². The fourth-order valence-electron chi connectivity index (χ4n) is 6.56. The molecule has 3 heterocycles. The monoisotopic (exact) mass is 456 g/mol. The first kappa shape index (κ1) is 20.5. The molecule has 0 saturated carbocycles. The number of aromatic nitrogens is 2. The molecule has 0 aliphatic heterocycles. The van der Waals surface area contributed by atoms with Crippen molar-refractivity contribution in [2.75, 3.05) is 19.0 Å². The van der Waals surface area contributed by atoms with Crippen molar-refractivity contribution in [2.45, 2.75) is 26.7 Å². The van der Waals surface area contributed by atoms with Gasteiger partial charge in [0.1, 0.15) is 7.05 Å². The molecule has 35 heavy (non-hydrogen) atoms. The van der Waals surface area contributed by atoms with Crippen LogP contribution < -0.4 is 9.47 Å². The van der Waals surface area contributed by atoms with Crippen LogP contribution in [0.5, 0.6) is 0 Å². The van der Waals surface area contributed by atoms with Crippen molar-refractivity contribution in [3.63, 3.8) is 0 Å². The quantitative estimate of drug-likeness (QED) is 0.149. The van der Waals surface area contributed by atoms with E-state index in [1.54, 1.807) is 0 Å². The second kappa shape index (κ2) is 6.85. The number of hydrogen-bond acceptors (Lipinski definition) is 1. The highest BCUT2D eigenvalue weighted by atomic mass is 15.1. The molecule has 0 fully saturated rings. The van der Waals surface area contributed by atoms with Crippen molar-refractivity contribution in [1.82, 2.24) is 4.40 Å². The van der Waals surface area contributed by atoms with Crippen LogP contribution in [0.25, 0.3) is 59.8 Å². The third kappa shape index (κ3) is 2.43. The summed E-state index contributed by atoms with van der Waals surface area (Å²) in [6.07, 6.45) is 2.24. The van der Waals surface area contributed by atoms with Crippen LogP contribution in [0, 0.1) is 6.92 Å². The van der Waals surface area contributed by atoms with Crippen molar-refractivity contribution in [3.8, 4) is 0 Å². The van der Waals surface area contributed by atoms with Crippen LogP contribution in [-0.2, 0) is 7.05 Å². The zero-order valence-corrected chi connectivity index (χ0v) is 21.3. The average Bonchev–Trinajstić information content (AvgIpc) is 3.19. The lowest BCUT2D eigenvalue weighted by molar-refractivity contribution is -0.643. The minimum Gasteiger partial charge on any atom is -0.375 e. The Hall–Kier alpha value is -3.85. The van der Waals surface area contributed by atoms with Gasteiger partial charge in [-0.1, -0.05) is 56.3 Å². The topological polar surface area (TPSA) is 11.5 Å². The lowest BCUT2D eigenvalue weighted by Crippen LogP contribution is -2.29. The van der Waals surface area contributed by atoms with Crippen LogP contribution in [-0.4, -0.2) is 18.5 Å². The van der Waals surface area contributed by atoms with Gasteiger partial charge in [-0.25, -0.2) is 4.57 Å². The molecule has 0 aliphatic carbocycles. The van der Waals surface area contributed by atoms with Gasteiger partial charge in [-0.05, 0) is 46.9 Å². The number of para-hydroxylation sites is 1. The van der Waals surface area contributed by atoms with Crippen LogP contribution in [0.3, 0.4) is 0 Å². The highest BCUT2D eigenvalue weighted by Gasteiger charge is 2.29. The molecular weight excluding hydrogens is 426 g/mol. The largest absolute Gasteiger partial charge is 0.375 e. The summed E-state index contributed by atoms with van der Waals surface area (Å²) in [5.41, 5.74) is 9.30. The summed E-state index contributed by atoms with van der Waals surface area (Å²) in [7, 11) is 6.56. The summed E-state index contributed by atoms with van der Waals surface area (Å²) < 4.78 is 4.91. The van der Waals surface area contributed by atoms with Crippen molar-refractivity contribution in [2.24, 2.45) is 7.05 Å². The van der Waals surface area contributed by atoms with E-state index in [1.807, 2.05) is 0 Å². The van der Waals surface area contributed by atoms with Gasteiger partial charge in [0, 0.05) is 36.3 Å². The van der Waals surface area contributed by atoms with Crippen molar-refractivity contribution in [3.05, 3.63) is 78.0 Å². The number of aryl methyl sites for hydroxylation is 2. The van der Waals surface area contributed by atoms with E-state index in [-0.39, 0.29) is 0 Å². The average molecular weight is 457 g/mol. The van der Waals surface area contributed by atoms with Crippen LogP contribution in [0.2, 0.25) is 0 Å². The molecule has 0 atom stereocenters. The highest BCUT2D eigenvalue weighted by Crippen LogP contribution is 2.47. The summed E-state index contributed by atoms with van der Waals surface area (Å²) in [4.78, 5) is 2.30. The summed E-state index contributed by atoms with van der Waals surface area (Å²) in [6, 6.07) is 22.6. The molecule has 0 N–H and O–H groups in total. The van der Waals surface area contributed by atoms with E-state index < -0.39 is 0 Å². The maximum atomic E-state index is 2.58. The van der Waals surface area contributed by atoms with Crippen LogP contribution >= 0.6 is 0 Å². The molecular formula is C32H30N3+. The normalized spacial score (nSPS) is 12.5. The van der Waals surface area contributed by atoms with Crippen molar-refractivity contribution < 1.29 is 4.57 Å². The number of hydrogen-bond donors (Lipinski definition) is 0. The third-order valence-corrected chi connectivity index (χ3v) is 8.02. The van der Waals surface area contributed by atoms with Crippen molar-refractivity contribution >= 4 is 65.5 Å². The maximum Gasteiger partial charge on any atom is 0.224 e. The summed E-state index contributed by atoms with van der Waals surface area (Å²) in [5.74, 6) is 0.434. The fourth-order valence-corrected chi connectivity index (χ4v) is 6.56. The Balaban J connectivity index is 2.00. The Kier molecular flexibility index (Phi) is 4.02. The Morgan fingerprint density at radius 1 is 0.800 bits per heavy atom. The summed E-state index contributed by atoms with van der Waals surface area (Å²) in [5, 5.41) is 9.39. The van der Waals surface area contributed by atoms with Crippen LogP contribution in [0.15, 0.2) is 66.9 Å². The van der Waals surface area contributed by atoms with Crippen LogP contribution in [0.4, 0.5) is 5.69 Å². The van der Waals surface area contributed by atoms with E-state index in [4.69, 9.17) is 0 Å². The van der Waals surface area contributed by atoms with Gasteiger partial charge in [0.15, 0.2) is 6.20 Å². The summed E-state index contributed by atoms with van der Waals surface area (Å²) in [6.45, 7) is 6.94. The van der Waals surface area contributed by atoms with E-state index in [0.29, 0.717) is 5.92 Å². The number of anilines is 1. The Bertz CT molecular complexity index is 1970. The van der Waals surface area contributed by atoms with Gasteiger partial charge in [-0.3, -0.25) is 0 Å². The number of rotatable bonds is 2. The Morgan fingerprint density at radius 2 is 1.49 bits per heavy atom. The molecule has 0 radical (unpaired) electrons. The van der Waals surface area contributed by atoms with E-state index >= 15 is 0 Å². The Labute approximate surface area is 205 Å².